The largest absolute Gasteiger partial charge is 0.508 e. The van der Waals surface area contributed by atoms with Crippen LogP contribution in [0.5, 0.6) is 5.75 Å². The molecule has 21 heavy (non-hydrogen) atoms. The quantitative estimate of drug-likeness (QED) is 0.861. The van der Waals surface area contributed by atoms with Gasteiger partial charge in [-0.25, -0.2) is 0 Å². The maximum atomic E-state index is 12.2. The van der Waals surface area contributed by atoms with Gasteiger partial charge in [-0.05, 0) is 48.7 Å². The second kappa shape index (κ2) is 4.74. The Hall–Kier alpha value is -2.62. The molecule has 2 aromatic rings. The molecule has 0 spiro atoms. The molecule has 1 heterocycles. The van der Waals surface area contributed by atoms with Crippen LogP contribution in [0, 0.1) is 13.8 Å². The Kier molecular flexibility index (Phi) is 3.01. The monoisotopic (exact) mass is 281 g/mol. The van der Waals surface area contributed by atoms with E-state index in [1.165, 1.54) is 4.90 Å². The SMILES string of the molecule is Cc1cc(C)c2c(c1)C(=O)C(=O)N2Cc1cccc(O)c1. The molecule has 2 aromatic carbocycles. The Morgan fingerprint density at radius 2 is 1.86 bits per heavy atom. The fraction of sp³-hybridized carbons (Fsp3) is 0.176. The number of anilines is 1. The van der Waals surface area contributed by atoms with Crippen LogP contribution in [-0.2, 0) is 11.3 Å². The lowest BCUT2D eigenvalue weighted by atomic mass is 10.0. The number of hydrogen-bond acceptors (Lipinski definition) is 3. The number of aromatic hydroxyl groups is 1. The van der Waals surface area contributed by atoms with Crippen molar-refractivity contribution in [3.05, 3.63) is 58.7 Å². The summed E-state index contributed by atoms with van der Waals surface area (Å²) in [6, 6.07) is 10.4. The van der Waals surface area contributed by atoms with E-state index < -0.39 is 11.7 Å². The summed E-state index contributed by atoms with van der Waals surface area (Å²) in [6.07, 6.45) is 0. The van der Waals surface area contributed by atoms with Crippen molar-refractivity contribution in [2.24, 2.45) is 0 Å². The lowest BCUT2D eigenvalue weighted by molar-refractivity contribution is -0.114. The number of phenols is 1. The van der Waals surface area contributed by atoms with Crippen LogP contribution < -0.4 is 4.90 Å². The number of carbonyl (C=O) groups is 2. The summed E-state index contributed by atoms with van der Waals surface area (Å²) in [6.45, 7) is 4.08. The lowest BCUT2D eigenvalue weighted by Crippen LogP contribution is -2.29. The smallest absolute Gasteiger partial charge is 0.299 e. The summed E-state index contributed by atoms with van der Waals surface area (Å²) in [5.41, 5.74) is 3.80. The Morgan fingerprint density at radius 1 is 1.10 bits per heavy atom. The van der Waals surface area contributed by atoms with Gasteiger partial charge in [0.15, 0.2) is 0 Å². The molecule has 106 valence electrons. The second-order valence-corrected chi connectivity index (χ2v) is 5.37. The topological polar surface area (TPSA) is 57.6 Å². The first-order valence-electron chi connectivity index (χ1n) is 6.72. The lowest BCUT2D eigenvalue weighted by Gasteiger charge is -2.19. The molecule has 1 amide bonds. The molecule has 0 aliphatic carbocycles. The number of phenolic OH excluding ortho intramolecular Hbond substituents is 1. The number of nitrogens with zero attached hydrogens (tertiary/aromatic N) is 1. The van der Waals surface area contributed by atoms with Crippen LogP contribution in [0.1, 0.15) is 27.0 Å². The van der Waals surface area contributed by atoms with Crippen molar-refractivity contribution in [2.45, 2.75) is 20.4 Å². The molecule has 0 saturated carbocycles. The van der Waals surface area contributed by atoms with E-state index in [1.54, 1.807) is 24.3 Å². The number of aryl methyl sites for hydroxylation is 2. The highest BCUT2D eigenvalue weighted by atomic mass is 16.3. The van der Waals surface area contributed by atoms with E-state index in [0.29, 0.717) is 11.3 Å². The van der Waals surface area contributed by atoms with Crippen molar-refractivity contribution in [1.82, 2.24) is 0 Å². The number of Topliss-reactive ketones (excluding diaryl/α,β-unsaturated/α-hetero) is 1. The molecule has 4 nitrogen and oxygen atoms in total. The minimum absolute atomic E-state index is 0.145. The number of hydrogen-bond donors (Lipinski definition) is 1. The second-order valence-electron chi connectivity index (χ2n) is 5.37. The molecule has 0 unspecified atom stereocenters. The fourth-order valence-corrected chi connectivity index (χ4v) is 2.82. The Balaban J connectivity index is 2.05. The summed E-state index contributed by atoms with van der Waals surface area (Å²) in [7, 11) is 0. The van der Waals surface area contributed by atoms with Crippen LogP contribution >= 0.6 is 0 Å². The first-order valence-corrected chi connectivity index (χ1v) is 6.72. The van der Waals surface area contributed by atoms with E-state index in [2.05, 4.69) is 0 Å². The number of ketones is 1. The van der Waals surface area contributed by atoms with Gasteiger partial charge in [0, 0.05) is 0 Å². The van der Waals surface area contributed by atoms with E-state index in [-0.39, 0.29) is 12.3 Å². The average Bonchev–Trinajstić information content (AvgIpc) is 2.64. The number of fused-ring (bicyclic) bond motifs is 1. The van der Waals surface area contributed by atoms with Crippen LogP contribution in [0.4, 0.5) is 5.69 Å². The Bertz CT molecular complexity index is 765. The standard InChI is InChI=1S/C17H15NO3/c1-10-6-11(2)15-14(7-10)16(20)17(21)18(15)9-12-4-3-5-13(19)8-12/h3-8,19H,9H2,1-2H3. The molecule has 0 bridgehead atoms. The molecule has 0 aromatic heterocycles. The van der Waals surface area contributed by atoms with E-state index >= 15 is 0 Å². The molecule has 0 atom stereocenters. The summed E-state index contributed by atoms with van der Waals surface area (Å²) in [4.78, 5) is 25.8. The molecule has 1 aliphatic heterocycles. The third-order valence-corrected chi connectivity index (χ3v) is 3.65. The van der Waals surface area contributed by atoms with Crippen molar-refractivity contribution in [1.29, 1.82) is 0 Å². The predicted molar refractivity (Wildman–Crippen MR) is 79.5 cm³/mol. The zero-order valence-electron chi connectivity index (χ0n) is 11.9. The van der Waals surface area contributed by atoms with Gasteiger partial charge >= 0.3 is 0 Å². The number of carbonyl (C=O) groups excluding carboxylic acids is 2. The van der Waals surface area contributed by atoms with E-state index in [0.717, 1.165) is 16.7 Å². The third-order valence-electron chi connectivity index (χ3n) is 3.65. The van der Waals surface area contributed by atoms with Gasteiger partial charge < -0.3 is 10.0 Å². The molecule has 4 heteroatoms. The molecular formula is C17H15NO3. The van der Waals surface area contributed by atoms with Crippen molar-refractivity contribution in [3.63, 3.8) is 0 Å². The molecule has 0 fully saturated rings. The Labute approximate surface area is 122 Å². The Morgan fingerprint density at radius 3 is 2.57 bits per heavy atom. The maximum absolute atomic E-state index is 12.2. The van der Waals surface area contributed by atoms with E-state index in [1.807, 2.05) is 26.0 Å². The van der Waals surface area contributed by atoms with Gasteiger partial charge in [-0.3, -0.25) is 9.59 Å². The van der Waals surface area contributed by atoms with Gasteiger partial charge in [0.1, 0.15) is 5.75 Å². The summed E-state index contributed by atoms with van der Waals surface area (Å²) < 4.78 is 0. The molecule has 3 rings (SSSR count). The first kappa shape index (κ1) is 13.4. The summed E-state index contributed by atoms with van der Waals surface area (Å²) in [5.74, 6) is -0.828. The summed E-state index contributed by atoms with van der Waals surface area (Å²) in [5, 5.41) is 9.52. The van der Waals surface area contributed by atoms with Gasteiger partial charge in [-0.2, -0.15) is 0 Å². The van der Waals surface area contributed by atoms with E-state index in [9.17, 15) is 14.7 Å². The van der Waals surface area contributed by atoms with Crippen molar-refractivity contribution < 1.29 is 14.7 Å². The molecule has 0 saturated heterocycles. The van der Waals surface area contributed by atoms with E-state index in [4.69, 9.17) is 0 Å². The van der Waals surface area contributed by atoms with Crippen molar-refractivity contribution in [3.8, 4) is 5.75 Å². The van der Waals surface area contributed by atoms with Gasteiger partial charge in [-0.15, -0.1) is 0 Å². The normalized spacial score (nSPS) is 13.7. The number of rotatable bonds is 2. The van der Waals surface area contributed by atoms with Crippen molar-refractivity contribution in [2.75, 3.05) is 4.90 Å². The van der Waals surface area contributed by atoms with Crippen LogP contribution in [0.3, 0.4) is 0 Å². The van der Waals surface area contributed by atoms with Crippen LogP contribution in [0.25, 0.3) is 0 Å². The van der Waals surface area contributed by atoms with Crippen LogP contribution in [-0.4, -0.2) is 16.8 Å². The first-order chi connectivity index (χ1) is 9.97. The summed E-state index contributed by atoms with van der Waals surface area (Å²) >= 11 is 0. The van der Waals surface area contributed by atoms with Gasteiger partial charge in [0.25, 0.3) is 11.7 Å². The molecule has 1 aliphatic rings. The van der Waals surface area contributed by atoms with Crippen LogP contribution in [0.2, 0.25) is 0 Å². The minimum atomic E-state index is -0.512. The van der Waals surface area contributed by atoms with Crippen LogP contribution in [0.15, 0.2) is 36.4 Å². The highest BCUT2D eigenvalue weighted by Crippen LogP contribution is 2.34. The van der Waals surface area contributed by atoms with Gasteiger partial charge in [0.2, 0.25) is 0 Å². The van der Waals surface area contributed by atoms with Crippen molar-refractivity contribution >= 4 is 17.4 Å². The maximum Gasteiger partial charge on any atom is 0.299 e. The number of amides is 1. The zero-order valence-corrected chi connectivity index (χ0v) is 11.9. The predicted octanol–water partition coefficient (Wildman–Crippen LogP) is 2.74. The molecular weight excluding hydrogens is 266 g/mol. The highest BCUT2D eigenvalue weighted by molar-refractivity contribution is 6.52. The van der Waals surface area contributed by atoms with Gasteiger partial charge in [-0.1, -0.05) is 18.2 Å². The number of benzene rings is 2. The van der Waals surface area contributed by atoms with Gasteiger partial charge in [0.05, 0.1) is 17.8 Å². The zero-order chi connectivity index (χ0) is 15.1. The molecule has 1 N–H and O–H groups in total. The third kappa shape index (κ3) is 2.18. The average molecular weight is 281 g/mol. The fourth-order valence-electron chi connectivity index (χ4n) is 2.82. The minimum Gasteiger partial charge on any atom is -0.508 e. The highest BCUT2D eigenvalue weighted by Gasteiger charge is 2.37. The molecule has 0 radical (unpaired) electrons.